The first kappa shape index (κ1) is 24.1. The first-order chi connectivity index (χ1) is 15.2. The Balaban J connectivity index is 1.73. The number of ketones is 1. The van der Waals surface area contributed by atoms with Crippen molar-refractivity contribution in [3.05, 3.63) is 47.5 Å². The molecule has 0 saturated heterocycles. The third kappa shape index (κ3) is 3.68. The van der Waals surface area contributed by atoms with Crippen LogP contribution in [0.5, 0.6) is 0 Å². The topological polar surface area (TPSA) is 72.8 Å². The lowest BCUT2D eigenvalue weighted by Gasteiger charge is -2.61. The maximum absolute atomic E-state index is 17.1. The second-order valence-electron chi connectivity index (χ2n) is 11.4. The highest BCUT2D eigenvalue weighted by Gasteiger charge is 2.69. The highest BCUT2D eigenvalue weighted by atomic mass is 28.4. The number of alkyl halides is 1. The molecule has 0 heterocycles. The number of hydrogen-bond donors (Lipinski definition) is 1. The zero-order valence-electron chi connectivity index (χ0n) is 20.4. The van der Waals surface area contributed by atoms with E-state index in [2.05, 4.69) is 32.6 Å². The summed E-state index contributed by atoms with van der Waals surface area (Å²) in [6, 6.07) is 0. The molecular formula is C26H35FO5Si. The van der Waals surface area contributed by atoms with Crippen molar-refractivity contribution >= 4 is 20.1 Å². The SMILES string of the molecule is CC(=O)O/C=C(\O[Si](C)(C)C)C1=CC[C@H]2[C@@H]3CCC4=CC(=O)C=C[C@]4(C)[C@@]3(F)[C@@H](O)C[C@]12C. The summed E-state index contributed by atoms with van der Waals surface area (Å²) in [6.45, 7) is 11.4. The van der Waals surface area contributed by atoms with E-state index >= 15 is 4.39 Å². The Morgan fingerprint density at radius 3 is 2.61 bits per heavy atom. The summed E-state index contributed by atoms with van der Waals surface area (Å²) in [7, 11) is -2.04. The van der Waals surface area contributed by atoms with Crippen LogP contribution in [0.15, 0.2) is 47.5 Å². The van der Waals surface area contributed by atoms with Gasteiger partial charge in [-0.3, -0.25) is 9.59 Å². The molecule has 4 aliphatic carbocycles. The van der Waals surface area contributed by atoms with Gasteiger partial charge in [0, 0.05) is 23.7 Å². The third-order valence-corrected chi connectivity index (χ3v) is 9.07. The van der Waals surface area contributed by atoms with Crippen LogP contribution >= 0.6 is 0 Å². The molecule has 2 saturated carbocycles. The Bertz CT molecular complexity index is 1000. The summed E-state index contributed by atoms with van der Waals surface area (Å²) in [6.07, 6.45) is 9.02. The fraction of sp³-hybridized carbons (Fsp3) is 0.615. The maximum atomic E-state index is 17.1. The summed E-state index contributed by atoms with van der Waals surface area (Å²) >= 11 is 0. The number of fused-ring (bicyclic) bond motifs is 5. The van der Waals surface area contributed by atoms with Crippen molar-refractivity contribution in [1.29, 1.82) is 0 Å². The second-order valence-corrected chi connectivity index (χ2v) is 15.9. The minimum Gasteiger partial charge on any atom is -0.542 e. The van der Waals surface area contributed by atoms with Gasteiger partial charge in [0.15, 0.2) is 11.5 Å². The number of allylic oxidation sites excluding steroid dienone is 6. The molecule has 7 heteroatoms. The van der Waals surface area contributed by atoms with Gasteiger partial charge in [-0.15, -0.1) is 0 Å². The van der Waals surface area contributed by atoms with Gasteiger partial charge >= 0.3 is 5.97 Å². The highest BCUT2D eigenvalue weighted by molar-refractivity contribution is 6.70. The molecule has 2 fully saturated rings. The van der Waals surface area contributed by atoms with Gasteiger partial charge in [-0.05, 0) is 75.9 Å². The van der Waals surface area contributed by atoms with Crippen molar-refractivity contribution in [2.45, 2.75) is 77.9 Å². The molecule has 5 nitrogen and oxygen atoms in total. The average molecular weight is 475 g/mol. The smallest absolute Gasteiger partial charge is 0.307 e. The van der Waals surface area contributed by atoms with Gasteiger partial charge in [0.25, 0.3) is 0 Å². The summed E-state index contributed by atoms with van der Waals surface area (Å²) in [5.74, 6) is -0.443. The lowest BCUT2D eigenvalue weighted by Crippen LogP contribution is -2.66. The van der Waals surface area contributed by atoms with Crippen molar-refractivity contribution in [2.75, 3.05) is 0 Å². The zero-order chi connectivity index (χ0) is 24.4. The fourth-order valence-corrected chi connectivity index (χ4v) is 7.59. The van der Waals surface area contributed by atoms with E-state index in [-0.39, 0.29) is 24.0 Å². The molecule has 0 spiro atoms. The molecule has 0 radical (unpaired) electrons. The van der Waals surface area contributed by atoms with Gasteiger partial charge in [-0.25, -0.2) is 4.39 Å². The predicted molar refractivity (Wildman–Crippen MR) is 126 cm³/mol. The molecule has 0 aliphatic heterocycles. The van der Waals surface area contributed by atoms with E-state index in [0.29, 0.717) is 25.0 Å². The quantitative estimate of drug-likeness (QED) is 0.347. The van der Waals surface area contributed by atoms with E-state index in [1.807, 2.05) is 6.92 Å². The minimum atomic E-state index is -2.04. The molecule has 0 aromatic heterocycles. The molecule has 1 N–H and O–H groups in total. The molecular weight excluding hydrogens is 439 g/mol. The Labute approximate surface area is 196 Å². The second kappa shape index (κ2) is 7.77. The van der Waals surface area contributed by atoms with Crippen LogP contribution in [0.1, 0.15) is 46.5 Å². The molecule has 4 aliphatic rings. The number of hydrogen-bond acceptors (Lipinski definition) is 5. The average Bonchev–Trinajstić information content (AvgIpc) is 3.02. The fourth-order valence-electron chi connectivity index (χ4n) is 6.77. The number of esters is 1. The summed E-state index contributed by atoms with van der Waals surface area (Å²) in [4.78, 5) is 23.5. The van der Waals surface area contributed by atoms with Crippen molar-refractivity contribution in [3.63, 3.8) is 0 Å². The van der Waals surface area contributed by atoms with Crippen LogP contribution in [-0.4, -0.2) is 36.9 Å². The minimum absolute atomic E-state index is 0.0312. The molecule has 4 rings (SSSR count). The molecule has 6 atom stereocenters. The Hall–Kier alpha value is -1.99. The summed E-state index contributed by atoms with van der Waals surface area (Å²) in [5.41, 5.74) is -1.71. The van der Waals surface area contributed by atoms with E-state index in [4.69, 9.17) is 9.16 Å². The van der Waals surface area contributed by atoms with Crippen LogP contribution in [-0.2, 0) is 18.8 Å². The first-order valence-electron chi connectivity index (χ1n) is 11.8. The van der Waals surface area contributed by atoms with E-state index in [9.17, 15) is 14.7 Å². The summed E-state index contributed by atoms with van der Waals surface area (Å²) in [5, 5.41) is 11.4. The van der Waals surface area contributed by atoms with Crippen LogP contribution < -0.4 is 0 Å². The van der Waals surface area contributed by atoms with Gasteiger partial charge in [-0.2, -0.15) is 0 Å². The lowest BCUT2D eigenvalue weighted by molar-refractivity contribution is -0.185. The maximum Gasteiger partial charge on any atom is 0.307 e. The molecule has 0 amide bonds. The number of aliphatic hydroxyl groups excluding tert-OH is 1. The van der Waals surface area contributed by atoms with Crippen molar-refractivity contribution in [3.8, 4) is 0 Å². The van der Waals surface area contributed by atoms with Gasteiger partial charge in [0.05, 0.1) is 6.10 Å². The lowest BCUT2D eigenvalue weighted by atomic mass is 9.45. The number of halogens is 1. The van der Waals surface area contributed by atoms with E-state index in [1.165, 1.54) is 19.3 Å². The van der Waals surface area contributed by atoms with E-state index < -0.39 is 36.9 Å². The number of carbonyl (C=O) groups excluding carboxylic acids is 2. The molecule has 33 heavy (non-hydrogen) atoms. The van der Waals surface area contributed by atoms with Crippen molar-refractivity contribution in [2.24, 2.45) is 22.7 Å². The Morgan fingerprint density at radius 2 is 1.97 bits per heavy atom. The van der Waals surface area contributed by atoms with Crippen molar-refractivity contribution < 1.29 is 28.2 Å². The Morgan fingerprint density at radius 1 is 1.27 bits per heavy atom. The van der Waals surface area contributed by atoms with Gasteiger partial charge < -0.3 is 14.3 Å². The third-order valence-electron chi connectivity index (χ3n) is 8.24. The summed E-state index contributed by atoms with van der Waals surface area (Å²) < 4.78 is 28.7. The van der Waals surface area contributed by atoms with Gasteiger partial charge in [0.1, 0.15) is 12.0 Å². The van der Waals surface area contributed by atoms with E-state index in [1.54, 1.807) is 12.2 Å². The van der Waals surface area contributed by atoms with Gasteiger partial charge in [0.2, 0.25) is 8.32 Å². The zero-order valence-corrected chi connectivity index (χ0v) is 21.4. The monoisotopic (exact) mass is 474 g/mol. The van der Waals surface area contributed by atoms with Crippen LogP contribution in [0.2, 0.25) is 19.6 Å². The molecule has 0 bridgehead atoms. The van der Waals surface area contributed by atoms with Crippen LogP contribution in [0.3, 0.4) is 0 Å². The van der Waals surface area contributed by atoms with E-state index in [0.717, 1.165) is 11.1 Å². The molecule has 0 unspecified atom stereocenters. The standard InChI is InChI=1S/C26H35FO5Si/c1-16(28)31-15-22(32-33(4,5)6)21-10-9-19-20-8-7-17-13-18(29)11-12-25(17,3)26(20,27)23(30)14-24(19,21)2/h10-13,15,19-20,23,30H,7-9,14H2,1-6H3/b22-15-/t19-,20-,23-,24-,25-,26-/m0/s1. The number of carbonyl (C=O) groups is 2. The van der Waals surface area contributed by atoms with Crippen LogP contribution in [0.25, 0.3) is 0 Å². The number of aliphatic hydroxyl groups is 1. The Kier molecular flexibility index (Phi) is 5.68. The highest BCUT2D eigenvalue weighted by Crippen LogP contribution is 2.68. The molecule has 0 aromatic carbocycles. The normalized spacial score (nSPS) is 40.3. The largest absolute Gasteiger partial charge is 0.542 e. The molecule has 0 aromatic rings. The predicted octanol–water partition coefficient (Wildman–Crippen LogP) is 5.15. The first-order valence-corrected chi connectivity index (χ1v) is 15.2. The van der Waals surface area contributed by atoms with Crippen LogP contribution in [0, 0.1) is 22.7 Å². The van der Waals surface area contributed by atoms with Crippen LogP contribution in [0.4, 0.5) is 4.39 Å². The van der Waals surface area contributed by atoms with Crippen molar-refractivity contribution in [1.82, 2.24) is 0 Å². The number of rotatable bonds is 4. The van der Waals surface area contributed by atoms with Gasteiger partial charge in [-0.1, -0.05) is 24.6 Å². The number of ether oxygens (including phenoxy) is 1. The molecule has 180 valence electrons.